The molecule has 0 saturated heterocycles. The van der Waals surface area contributed by atoms with Crippen molar-refractivity contribution in [2.24, 2.45) is 0 Å². The van der Waals surface area contributed by atoms with Crippen LogP contribution >= 0.6 is 7.82 Å². The average Bonchev–Trinajstić information content (AvgIpc) is 3.22. The van der Waals surface area contributed by atoms with Gasteiger partial charge in [0.25, 0.3) is 0 Å². The Hall–Kier alpha value is -1.55. The zero-order chi connectivity index (χ0) is 43.3. The minimum atomic E-state index is -4.63. The molecule has 348 valence electrons. The van der Waals surface area contributed by atoms with Gasteiger partial charge in [-0.1, -0.05) is 212 Å². The number of hydrogen-bond donors (Lipinski definition) is 3. The van der Waals surface area contributed by atoms with E-state index in [2.05, 4.69) is 30.5 Å². The molecule has 0 aromatic rings. The third-order valence-electron chi connectivity index (χ3n) is 10.6. The summed E-state index contributed by atoms with van der Waals surface area (Å²) in [6, 6.07) is 0. The SMILES string of the molecule is CCCCCCCC/C=C/C/C=C/CCC(=O)OC(COC(=O)CCCCCCCCCCCCCCCCCCCCCCCCC)COP(=O)(O)OC[C@H](O)CO. The lowest BCUT2D eigenvalue weighted by atomic mass is 10.0. The fourth-order valence-electron chi connectivity index (χ4n) is 6.87. The summed E-state index contributed by atoms with van der Waals surface area (Å²) in [7, 11) is -4.63. The number of hydrogen-bond acceptors (Lipinski definition) is 9. The molecule has 0 radical (unpaired) electrons. The van der Waals surface area contributed by atoms with Crippen LogP contribution in [0.3, 0.4) is 0 Å². The maximum absolute atomic E-state index is 12.6. The Morgan fingerprint density at radius 3 is 1.37 bits per heavy atom. The van der Waals surface area contributed by atoms with Crippen LogP contribution in [0, 0.1) is 0 Å². The molecule has 0 aliphatic carbocycles. The zero-order valence-electron chi connectivity index (χ0n) is 38.0. The van der Waals surface area contributed by atoms with Gasteiger partial charge < -0.3 is 24.6 Å². The van der Waals surface area contributed by atoms with Crippen molar-refractivity contribution in [2.45, 2.75) is 244 Å². The Morgan fingerprint density at radius 1 is 0.508 bits per heavy atom. The molecule has 0 aromatic carbocycles. The predicted octanol–water partition coefficient (Wildman–Crippen LogP) is 13.3. The summed E-state index contributed by atoms with van der Waals surface area (Å²) in [5, 5.41) is 18.3. The molecule has 0 heterocycles. The summed E-state index contributed by atoms with van der Waals surface area (Å²) in [6.07, 6.45) is 46.1. The molecule has 0 aromatic heterocycles. The lowest BCUT2D eigenvalue weighted by molar-refractivity contribution is -0.161. The normalized spacial score (nSPS) is 13.9. The molecule has 10 nitrogen and oxygen atoms in total. The van der Waals surface area contributed by atoms with Crippen molar-refractivity contribution in [2.75, 3.05) is 26.4 Å². The van der Waals surface area contributed by atoms with Gasteiger partial charge in [0.2, 0.25) is 0 Å². The van der Waals surface area contributed by atoms with Crippen molar-refractivity contribution in [3.8, 4) is 0 Å². The van der Waals surface area contributed by atoms with E-state index in [1.165, 1.54) is 161 Å². The lowest BCUT2D eigenvalue weighted by Crippen LogP contribution is -2.29. The molecule has 0 bridgehead atoms. The van der Waals surface area contributed by atoms with E-state index in [1.54, 1.807) is 0 Å². The first kappa shape index (κ1) is 57.4. The number of rotatable bonds is 46. The molecule has 59 heavy (non-hydrogen) atoms. The first-order chi connectivity index (χ1) is 28.7. The summed E-state index contributed by atoms with van der Waals surface area (Å²) in [5.41, 5.74) is 0. The van der Waals surface area contributed by atoms with E-state index < -0.39 is 51.8 Å². The number of phosphoric ester groups is 1. The van der Waals surface area contributed by atoms with Gasteiger partial charge in [-0.25, -0.2) is 4.57 Å². The number of esters is 2. The highest BCUT2D eigenvalue weighted by molar-refractivity contribution is 7.47. The quantitative estimate of drug-likeness (QED) is 0.0234. The van der Waals surface area contributed by atoms with Gasteiger partial charge in [-0.2, -0.15) is 0 Å². The van der Waals surface area contributed by atoms with Crippen LogP contribution in [0.1, 0.15) is 232 Å². The van der Waals surface area contributed by atoms with Crippen LogP contribution in [-0.4, -0.2) is 65.7 Å². The number of aliphatic hydroxyl groups excluding tert-OH is 2. The Labute approximate surface area is 361 Å². The molecule has 0 rings (SSSR count). The average molecular weight is 859 g/mol. The Morgan fingerprint density at radius 2 is 0.915 bits per heavy atom. The van der Waals surface area contributed by atoms with Crippen LogP contribution in [0.4, 0.5) is 0 Å². The van der Waals surface area contributed by atoms with Crippen LogP contribution in [0.25, 0.3) is 0 Å². The van der Waals surface area contributed by atoms with Crippen molar-refractivity contribution < 1.29 is 47.8 Å². The maximum atomic E-state index is 12.6. The molecular weight excluding hydrogens is 767 g/mol. The first-order valence-electron chi connectivity index (χ1n) is 24.3. The highest BCUT2D eigenvalue weighted by Crippen LogP contribution is 2.43. The van der Waals surface area contributed by atoms with Gasteiger partial charge in [0.15, 0.2) is 6.10 Å². The summed E-state index contributed by atoms with van der Waals surface area (Å²) in [4.78, 5) is 35.0. The Kier molecular flexibility index (Phi) is 43.3. The second-order valence-corrected chi connectivity index (χ2v) is 17.9. The monoisotopic (exact) mass is 859 g/mol. The molecule has 3 N–H and O–H groups in total. The van der Waals surface area contributed by atoms with E-state index in [0.29, 0.717) is 12.8 Å². The van der Waals surface area contributed by atoms with Crippen molar-refractivity contribution in [3.05, 3.63) is 24.3 Å². The molecular formula is C48H91O10P. The minimum Gasteiger partial charge on any atom is -0.462 e. The molecule has 0 saturated carbocycles. The molecule has 0 aliphatic rings. The number of aliphatic hydroxyl groups is 2. The van der Waals surface area contributed by atoms with Gasteiger partial charge in [0, 0.05) is 12.8 Å². The number of carbonyl (C=O) groups is 2. The van der Waals surface area contributed by atoms with Gasteiger partial charge >= 0.3 is 19.8 Å². The van der Waals surface area contributed by atoms with Crippen LogP contribution in [-0.2, 0) is 32.7 Å². The van der Waals surface area contributed by atoms with Gasteiger partial charge in [0.1, 0.15) is 12.7 Å². The number of ether oxygens (including phenoxy) is 2. The van der Waals surface area contributed by atoms with E-state index in [4.69, 9.17) is 19.1 Å². The predicted molar refractivity (Wildman–Crippen MR) is 242 cm³/mol. The fraction of sp³-hybridized carbons (Fsp3) is 0.875. The van der Waals surface area contributed by atoms with Gasteiger partial charge in [-0.15, -0.1) is 0 Å². The van der Waals surface area contributed by atoms with Crippen LogP contribution in [0.5, 0.6) is 0 Å². The highest BCUT2D eigenvalue weighted by Gasteiger charge is 2.27. The topological polar surface area (TPSA) is 149 Å². The molecule has 2 unspecified atom stereocenters. The van der Waals surface area contributed by atoms with Crippen LogP contribution < -0.4 is 0 Å². The van der Waals surface area contributed by atoms with E-state index in [0.717, 1.165) is 32.1 Å². The largest absolute Gasteiger partial charge is 0.472 e. The van der Waals surface area contributed by atoms with E-state index in [9.17, 15) is 24.2 Å². The summed E-state index contributed by atoms with van der Waals surface area (Å²) in [5.74, 6) is -0.992. The molecule has 0 spiro atoms. The second kappa shape index (κ2) is 44.5. The summed E-state index contributed by atoms with van der Waals surface area (Å²) >= 11 is 0. The van der Waals surface area contributed by atoms with Crippen molar-refractivity contribution in [1.29, 1.82) is 0 Å². The molecule has 0 aliphatic heterocycles. The van der Waals surface area contributed by atoms with Crippen LogP contribution in [0.15, 0.2) is 24.3 Å². The van der Waals surface area contributed by atoms with Crippen molar-refractivity contribution >= 4 is 19.8 Å². The van der Waals surface area contributed by atoms with Crippen molar-refractivity contribution in [3.63, 3.8) is 0 Å². The number of carbonyl (C=O) groups excluding carboxylic acids is 2. The smallest absolute Gasteiger partial charge is 0.462 e. The highest BCUT2D eigenvalue weighted by atomic mass is 31.2. The maximum Gasteiger partial charge on any atom is 0.472 e. The standard InChI is InChI=1S/C48H91O10P/c1-3-5-7-9-11-13-15-17-18-19-20-21-22-23-24-25-26-28-29-31-33-35-37-39-47(51)55-43-46(44-57-59(53,54)56-42-45(50)41-49)58-48(52)40-38-36-34-32-30-27-16-14-12-10-8-6-4-2/h27,30,34,36,45-46,49-50H,3-26,28-29,31-33,35,37-44H2,1-2H3,(H,53,54)/b30-27+,36-34+/t45-,46?/m1/s1. The van der Waals surface area contributed by atoms with Crippen molar-refractivity contribution in [1.82, 2.24) is 0 Å². The van der Waals surface area contributed by atoms with E-state index in [1.807, 2.05) is 12.2 Å². The van der Waals surface area contributed by atoms with Gasteiger partial charge in [-0.05, 0) is 32.1 Å². The molecule has 11 heteroatoms. The van der Waals surface area contributed by atoms with Gasteiger partial charge in [0.05, 0.1) is 19.8 Å². The molecule has 3 atom stereocenters. The number of unbranched alkanes of at least 4 members (excludes halogenated alkanes) is 28. The number of phosphoric acid groups is 1. The fourth-order valence-corrected chi connectivity index (χ4v) is 7.66. The Balaban J connectivity index is 4.15. The zero-order valence-corrected chi connectivity index (χ0v) is 38.9. The third kappa shape index (κ3) is 44.3. The molecule has 0 amide bonds. The first-order valence-corrected chi connectivity index (χ1v) is 25.8. The summed E-state index contributed by atoms with van der Waals surface area (Å²) < 4.78 is 32.7. The lowest BCUT2D eigenvalue weighted by Gasteiger charge is -2.20. The Bertz CT molecular complexity index is 1040. The van der Waals surface area contributed by atoms with Crippen LogP contribution in [0.2, 0.25) is 0 Å². The minimum absolute atomic E-state index is 0.0813. The van der Waals surface area contributed by atoms with E-state index in [-0.39, 0.29) is 19.4 Å². The van der Waals surface area contributed by atoms with E-state index >= 15 is 0 Å². The number of allylic oxidation sites excluding steroid dienone is 4. The molecule has 0 fully saturated rings. The summed E-state index contributed by atoms with van der Waals surface area (Å²) in [6.45, 7) is 2.34. The third-order valence-corrected chi connectivity index (χ3v) is 11.6. The second-order valence-electron chi connectivity index (χ2n) is 16.5. The van der Waals surface area contributed by atoms with Gasteiger partial charge in [-0.3, -0.25) is 18.6 Å².